The average molecular weight is 462 g/mol. The number of aromatic nitrogens is 1. The molecule has 1 aromatic carbocycles. The van der Waals surface area contributed by atoms with Crippen LogP contribution in [0, 0.1) is 23.0 Å². The molecule has 1 fully saturated rings. The summed E-state index contributed by atoms with van der Waals surface area (Å²) >= 11 is 0. The summed E-state index contributed by atoms with van der Waals surface area (Å²) < 4.78 is 95.5. The zero-order valence-electron chi connectivity index (χ0n) is 15.8. The Morgan fingerprint density at radius 2 is 1.90 bits per heavy atom. The van der Waals surface area contributed by atoms with Crippen LogP contribution >= 0.6 is 0 Å². The molecule has 13 heteroatoms. The summed E-state index contributed by atoms with van der Waals surface area (Å²) in [4.78, 5) is 11.3. The van der Waals surface area contributed by atoms with Crippen molar-refractivity contribution >= 4 is 21.6 Å². The van der Waals surface area contributed by atoms with E-state index in [1.165, 1.54) is 4.72 Å². The molecule has 0 atom stereocenters. The van der Waals surface area contributed by atoms with E-state index in [2.05, 4.69) is 5.32 Å². The third-order valence-electron chi connectivity index (χ3n) is 5.02. The number of nitrogens with zero attached hydrogens (tertiary/aromatic N) is 2. The van der Waals surface area contributed by atoms with Gasteiger partial charge in [-0.25, -0.2) is 17.2 Å². The Kier molecular flexibility index (Phi) is 5.57. The number of carbonyl (C=O) groups is 1. The Labute approximate surface area is 173 Å². The standard InChI is InChI=1S/C18H15F5N4O3S/c1-27-9-13(31(29,30)26-17(5-2-6-17)18(21,22)23)14(20)15(27)16(28)25-11-3-4-12(19)10(7-11)8-24/h3-4,7,9,26H,2,5-6H2,1H3,(H,25,28). The van der Waals surface area contributed by atoms with E-state index in [1.54, 1.807) is 6.07 Å². The van der Waals surface area contributed by atoms with Crippen LogP contribution in [0.2, 0.25) is 0 Å². The number of sulfonamides is 1. The van der Waals surface area contributed by atoms with Crippen molar-refractivity contribution in [3.05, 3.63) is 47.3 Å². The molecule has 31 heavy (non-hydrogen) atoms. The minimum atomic E-state index is -4.96. The second-order valence-corrected chi connectivity index (χ2v) is 8.72. The molecule has 0 saturated heterocycles. The van der Waals surface area contributed by atoms with Crippen LogP contribution in [0.15, 0.2) is 29.3 Å². The monoisotopic (exact) mass is 462 g/mol. The number of amides is 1. The van der Waals surface area contributed by atoms with E-state index in [-0.39, 0.29) is 12.1 Å². The van der Waals surface area contributed by atoms with Crippen molar-refractivity contribution in [2.45, 2.75) is 35.9 Å². The van der Waals surface area contributed by atoms with Crippen LogP contribution in [0.3, 0.4) is 0 Å². The second kappa shape index (κ2) is 7.61. The van der Waals surface area contributed by atoms with E-state index in [0.29, 0.717) is 6.20 Å². The van der Waals surface area contributed by atoms with Crippen LogP contribution in [0.1, 0.15) is 35.3 Å². The van der Waals surface area contributed by atoms with Gasteiger partial charge in [-0.15, -0.1) is 0 Å². The van der Waals surface area contributed by atoms with E-state index < -0.39 is 68.3 Å². The van der Waals surface area contributed by atoms with Gasteiger partial charge in [0, 0.05) is 18.9 Å². The Morgan fingerprint density at radius 1 is 1.26 bits per heavy atom. The number of benzene rings is 1. The zero-order valence-corrected chi connectivity index (χ0v) is 16.7. The van der Waals surface area contributed by atoms with Crippen LogP contribution in [-0.2, 0) is 17.1 Å². The SMILES string of the molecule is Cn1cc(S(=O)(=O)NC2(C(F)(F)F)CCC2)c(F)c1C(=O)Nc1ccc(F)c(C#N)c1. The van der Waals surface area contributed by atoms with Crippen LogP contribution in [0.25, 0.3) is 0 Å². The molecule has 166 valence electrons. The van der Waals surface area contributed by atoms with Gasteiger partial charge in [0.2, 0.25) is 10.0 Å². The van der Waals surface area contributed by atoms with Gasteiger partial charge in [0.1, 0.15) is 28.0 Å². The van der Waals surface area contributed by atoms with E-state index in [0.717, 1.165) is 29.8 Å². The molecule has 1 aliphatic rings. The largest absolute Gasteiger partial charge is 0.407 e. The molecule has 0 spiro atoms. The predicted molar refractivity (Wildman–Crippen MR) is 97.4 cm³/mol. The van der Waals surface area contributed by atoms with Gasteiger partial charge in [-0.2, -0.15) is 23.2 Å². The first-order valence-electron chi connectivity index (χ1n) is 8.78. The fourth-order valence-electron chi connectivity index (χ4n) is 3.18. The fourth-order valence-corrected chi connectivity index (χ4v) is 4.75. The highest BCUT2D eigenvalue weighted by molar-refractivity contribution is 7.89. The molecule has 1 saturated carbocycles. The molecule has 1 aliphatic carbocycles. The van der Waals surface area contributed by atoms with Crippen molar-refractivity contribution in [1.29, 1.82) is 5.26 Å². The number of aryl methyl sites for hydroxylation is 1. The summed E-state index contributed by atoms with van der Waals surface area (Å²) in [7, 11) is -3.83. The van der Waals surface area contributed by atoms with Crippen molar-refractivity contribution in [2.24, 2.45) is 7.05 Å². The Morgan fingerprint density at radius 3 is 2.42 bits per heavy atom. The number of hydrogen-bond donors (Lipinski definition) is 2. The molecular weight excluding hydrogens is 447 g/mol. The Bertz CT molecular complexity index is 1190. The summed E-state index contributed by atoms with van der Waals surface area (Å²) in [5, 5.41) is 11.0. The smallest absolute Gasteiger partial charge is 0.343 e. The predicted octanol–water partition coefficient (Wildman–Crippen LogP) is 3.19. The van der Waals surface area contributed by atoms with E-state index in [4.69, 9.17) is 5.26 Å². The first-order valence-corrected chi connectivity index (χ1v) is 10.3. The molecule has 7 nitrogen and oxygen atoms in total. The van der Waals surface area contributed by atoms with Gasteiger partial charge in [0.25, 0.3) is 5.91 Å². The van der Waals surface area contributed by atoms with Crippen LogP contribution in [0.5, 0.6) is 0 Å². The number of carbonyl (C=O) groups excluding carboxylic acids is 1. The van der Waals surface area contributed by atoms with E-state index >= 15 is 0 Å². The number of hydrogen-bond acceptors (Lipinski definition) is 4. The van der Waals surface area contributed by atoms with Crippen LogP contribution in [0.4, 0.5) is 27.6 Å². The summed E-state index contributed by atoms with van der Waals surface area (Å²) in [5.41, 5.74) is -3.93. The van der Waals surface area contributed by atoms with Crippen LogP contribution in [-0.4, -0.2) is 30.6 Å². The van der Waals surface area contributed by atoms with Crippen LogP contribution < -0.4 is 10.0 Å². The quantitative estimate of drug-likeness (QED) is 0.666. The van der Waals surface area contributed by atoms with E-state index in [9.17, 15) is 35.2 Å². The van der Waals surface area contributed by atoms with Gasteiger partial charge < -0.3 is 9.88 Å². The molecule has 0 unspecified atom stereocenters. The number of nitriles is 1. The first-order chi connectivity index (χ1) is 14.3. The summed E-state index contributed by atoms with van der Waals surface area (Å²) in [6.45, 7) is 0. The van der Waals surface area contributed by atoms with Crippen molar-refractivity contribution in [2.75, 3.05) is 5.32 Å². The Balaban J connectivity index is 1.91. The van der Waals surface area contributed by atoms with Crippen molar-refractivity contribution in [1.82, 2.24) is 9.29 Å². The number of halogens is 5. The molecular formula is C18H15F5N4O3S. The minimum absolute atomic E-state index is 0.0726. The molecule has 3 rings (SSSR count). The normalized spacial score (nSPS) is 15.8. The maximum atomic E-state index is 14.9. The van der Waals surface area contributed by atoms with Crippen molar-refractivity contribution in [3.8, 4) is 6.07 Å². The number of anilines is 1. The highest BCUT2D eigenvalue weighted by Crippen LogP contribution is 2.46. The number of nitrogens with one attached hydrogen (secondary N) is 2. The molecule has 2 N–H and O–H groups in total. The molecule has 2 aromatic rings. The van der Waals surface area contributed by atoms with Crippen molar-refractivity contribution in [3.63, 3.8) is 0 Å². The number of alkyl halides is 3. The highest BCUT2D eigenvalue weighted by Gasteiger charge is 2.60. The fraction of sp³-hybridized carbons (Fsp3) is 0.333. The Hall–Kier alpha value is -2.98. The lowest BCUT2D eigenvalue weighted by Gasteiger charge is -2.43. The lowest BCUT2D eigenvalue weighted by atomic mass is 9.77. The van der Waals surface area contributed by atoms with Gasteiger partial charge >= 0.3 is 6.18 Å². The maximum Gasteiger partial charge on any atom is 0.407 e. The summed E-state index contributed by atoms with van der Waals surface area (Å²) in [6, 6.07) is 4.53. The molecule has 1 amide bonds. The van der Waals surface area contributed by atoms with Gasteiger partial charge in [-0.1, -0.05) is 0 Å². The molecule has 1 heterocycles. The molecule has 0 bridgehead atoms. The van der Waals surface area contributed by atoms with Gasteiger partial charge in [-0.05, 0) is 37.5 Å². The van der Waals surface area contributed by atoms with Gasteiger partial charge in [0.05, 0.1) is 5.56 Å². The van der Waals surface area contributed by atoms with Gasteiger partial charge in [-0.3, -0.25) is 4.79 Å². The van der Waals surface area contributed by atoms with Crippen molar-refractivity contribution < 1.29 is 35.2 Å². The topological polar surface area (TPSA) is 104 Å². The first kappa shape index (κ1) is 22.7. The van der Waals surface area contributed by atoms with E-state index in [1.807, 2.05) is 0 Å². The second-order valence-electron chi connectivity index (χ2n) is 7.07. The molecule has 0 radical (unpaired) electrons. The maximum absolute atomic E-state index is 14.9. The molecule has 1 aromatic heterocycles. The molecule has 0 aliphatic heterocycles. The average Bonchev–Trinajstić information content (AvgIpc) is 2.94. The lowest BCUT2D eigenvalue weighted by molar-refractivity contribution is -0.212. The van der Waals surface area contributed by atoms with Gasteiger partial charge in [0.15, 0.2) is 5.82 Å². The minimum Gasteiger partial charge on any atom is -0.343 e. The lowest BCUT2D eigenvalue weighted by Crippen LogP contribution is -2.62. The number of rotatable bonds is 5. The third-order valence-corrected chi connectivity index (χ3v) is 6.54. The zero-order chi connectivity index (χ0) is 23.2. The third kappa shape index (κ3) is 4.00. The highest BCUT2D eigenvalue weighted by atomic mass is 32.2. The summed E-state index contributed by atoms with van der Waals surface area (Å²) in [5.74, 6) is -3.54. The summed E-state index contributed by atoms with van der Waals surface area (Å²) in [6.07, 6.45) is -5.01.